The molecule has 116 valence electrons. The van der Waals surface area contributed by atoms with Crippen LogP contribution >= 0.6 is 0 Å². The number of hydrogen-bond donors (Lipinski definition) is 1. The lowest BCUT2D eigenvalue weighted by molar-refractivity contribution is -0.194. The van der Waals surface area contributed by atoms with Gasteiger partial charge in [-0.05, 0) is 49.3 Å². The average molecular weight is 299 g/mol. The fourth-order valence-corrected chi connectivity index (χ4v) is 7.16. The number of benzene rings is 1. The summed E-state index contributed by atoms with van der Waals surface area (Å²) in [5, 5.41) is 10.8. The van der Waals surface area contributed by atoms with Crippen LogP contribution in [0.25, 0.3) is 0 Å². The van der Waals surface area contributed by atoms with E-state index in [1.165, 1.54) is 17.5 Å². The molecule has 4 nitrogen and oxygen atoms in total. The van der Waals surface area contributed by atoms with E-state index in [-0.39, 0.29) is 17.6 Å². The van der Waals surface area contributed by atoms with E-state index in [0.29, 0.717) is 17.4 Å². The minimum Gasteiger partial charge on any atom is -0.493 e. The quantitative estimate of drug-likeness (QED) is 0.849. The van der Waals surface area contributed by atoms with Crippen LogP contribution in [-0.2, 0) is 11.8 Å². The third-order valence-electron chi connectivity index (χ3n) is 7.41. The summed E-state index contributed by atoms with van der Waals surface area (Å²) in [6.45, 7) is 1.13. The van der Waals surface area contributed by atoms with Crippen LogP contribution in [0.15, 0.2) is 12.1 Å². The summed E-state index contributed by atoms with van der Waals surface area (Å²) in [6, 6.07) is 4.87. The molecule has 2 spiro atoms. The normalized spacial score (nSPS) is 49.4. The van der Waals surface area contributed by atoms with E-state index in [9.17, 15) is 5.11 Å². The van der Waals surface area contributed by atoms with Gasteiger partial charge in [0.2, 0.25) is 0 Å². The second kappa shape index (κ2) is 3.31. The predicted molar refractivity (Wildman–Crippen MR) is 80.4 cm³/mol. The van der Waals surface area contributed by atoms with E-state index in [1.807, 2.05) is 6.07 Å². The van der Waals surface area contributed by atoms with Crippen molar-refractivity contribution in [1.82, 2.24) is 4.90 Å². The molecule has 7 rings (SSSR count). The largest absolute Gasteiger partial charge is 0.493 e. The van der Waals surface area contributed by atoms with Crippen molar-refractivity contribution in [2.24, 2.45) is 11.3 Å². The van der Waals surface area contributed by atoms with Crippen molar-refractivity contribution >= 4 is 0 Å². The van der Waals surface area contributed by atoms with Gasteiger partial charge in [0.25, 0.3) is 0 Å². The Morgan fingerprint density at radius 2 is 2.27 bits per heavy atom. The Morgan fingerprint density at radius 3 is 3.09 bits per heavy atom. The number of fused-ring (bicyclic) bond motifs is 1. The number of aliphatic hydroxyl groups is 1. The van der Waals surface area contributed by atoms with E-state index in [0.717, 1.165) is 30.9 Å². The molecule has 1 saturated heterocycles. The maximum atomic E-state index is 10.8. The highest BCUT2D eigenvalue weighted by Gasteiger charge is 2.81. The molecule has 6 aliphatic rings. The first-order valence-electron chi connectivity index (χ1n) is 8.36. The maximum absolute atomic E-state index is 10.8. The molecule has 2 bridgehead atoms. The van der Waals surface area contributed by atoms with Crippen LogP contribution in [0.2, 0.25) is 0 Å². The topological polar surface area (TPSA) is 41.9 Å². The number of methoxy groups -OCH3 is 1. The van der Waals surface area contributed by atoms with Gasteiger partial charge in [-0.2, -0.15) is 0 Å². The van der Waals surface area contributed by atoms with Gasteiger partial charge in [0.15, 0.2) is 11.5 Å². The molecule has 0 radical (unpaired) electrons. The van der Waals surface area contributed by atoms with Crippen LogP contribution in [0.3, 0.4) is 0 Å². The molecule has 1 aromatic rings. The Kier molecular flexibility index (Phi) is 1.84. The van der Waals surface area contributed by atoms with Crippen LogP contribution in [0.1, 0.15) is 24.0 Å². The van der Waals surface area contributed by atoms with Crippen molar-refractivity contribution in [3.8, 4) is 11.5 Å². The van der Waals surface area contributed by atoms with E-state index < -0.39 is 0 Å². The lowest BCUT2D eigenvalue weighted by Gasteiger charge is -2.68. The summed E-state index contributed by atoms with van der Waals surface area (Å²) < 4.78 is 11.9. The molecule has 5 unspecified atom stereocenters. The number of likely N-dealkylation sites (N-methyl/N-ethyl adjacent to an activating group) is 1. The molecule has 1 aromatic carbocycles. The van der Waals surface area contributed by atoms with Gasteiger partial charge in [0, 0.05) is 23.6 Å². The molecule has 4 heteroatoms. The lowest BCUT2D eigenvalue weighted by atomic mass is 9.35. The standard InChI is InChI=1S/C18H21NO3/c1-19-8-17-6-11(20)16-18(7-17)13-9(5-10(19)15(17)18)3-4-12(21-2)14(13)22-16/h3-4,10-11,15-16,20H,5-8H2,1-2H3/t10?,11?,15?,16-,17?,18?/m0/s1. The number of nitrogens with zero attached hydrogens (tertiary/aromatic N) is 1. The fraction of sp³-hybridized carbons (Fsp3) is 0.667. The molecule has 2 heterocycles. The second-order valence-corrected chi connectivity index (χ2v) is 8.18. The van der Waals surface area contributed by atoms with E-state index in [1.54, 1.807) is 7.11 Å². The smallest absolute Gasteiger partial charge is 0.165 e. The van der Waals surface area contributed by atoms with Gasteiger partial charge in [-0.15, -0.1) is 0 Å². The first-order valence-corrected chi connectivity index (χ1v) is 8.36. The highest BCUT2D eigenvalue weighted by molar-refractivity contribution is 5.63. The molecule has 22 heavy (non-hydrogen) atoms. The molecule has 4 fully saturated rings. The average Bonchev–Trinajstić information content (AvgIpc) is 2.95. The molecular weight excluding hydrogens is 278 g/mol. The Labute approximate surface area is 130 Å². The predicted octanol–water partition coefficient (Wildman–Crippen LogP) is 1.34. The Hall–Kier alpha value is -1.26. The molecular formula is C18H21NO3. The van der Waals surface area contributed by atoms with Gasteiger partial charge in [-0.1, -0.05) is 6.07 Å². The molecule has 2 aliphatic heterocycles. The Bertz CT molecular complexity index is 719. The second-order valence-electron chi connectivity index (χ2n) is 8.18. The van der Waals surface area contributed by atoms with Gasteiger partial charge >= 0.3 is 0 Å². The molecule has 1 N–H and O–H groups in total. The third kappa shape index (κ3) is 0.976. The summed E-state index contributed by atoms with van der Waals surface area (Å²) in [4.78, 5) is 2.54. The van der Waals surface area contributed by atoms with Crippen molar-refractivity contribution in [1.29, 1.82) is 0 Å². The monoisotopic (exact) mass is 299 g/mol. The number of likely N-dealkylation sites (tertiary alicyclic amines) is 1. The molecule has 3 saturated carbocycles. The van der Waals surface area contributed by atoms with Crippen LogP contribution < -0.4 is 9.47 Å². The van der Waals surface area contributed by atoms with Crippen molar-refractivity contribution < 1.29 is 14.6 Å². The molecule has 6 atom stereocenters. The molecule has 4 aliphatic carbocycles. The van der Waals surface area contributed by atoms with Gasteiger partial charge < -0.3 is 19.5 Å². The minimum absolute atomic E-state index is 0.0462. The zero-order valence-corrected chi connectivity index (χ0v) is 13.0. The van der Waals surface area contributed by atoms with Crippen molar-refractivity contribution in [3.05, 3.63) is 23.3 Å². The van der Waals surface area contributed by atoms with Crippen molar-refractivity contribution in [2.75, 3.05) is 20.7 Å². The van der Waals surface area contributed by atoms with Crippen LogP contribution in [0, 0.1) is 11.3 Å². The van der Waals surface area contributed by atoms with Gasteiger partial charge in [-0.25, -0.2) is 0 Å². The van der Waals surface area contributed by atoms with Gasteiger partial charge in [0.1, 0.15) is 6.10 Å². The summed E-state index contributed by atoms with van der Waals surface area (Å²) >= 11 is 0. The zero-order valence-electron chi connectivity index (χ0n) is 13.0. The summed E-state index contributed by atoms with van der Waals surface area (Å²) in [5.74, 6) is 2.41. The summed E-state index contributed by atoms with van der Waals surface area (Å²) in [7, 11) is 3.97. The fourth-order valence-electron chi connectivity index (χ4n) is 7.16. The summed E-state index contributed by atoms with van der Waals surface area (Å²) in [5.41, 5.74) is 3.16. The van der Waals surface area contributed by atoms with E-state index in [4.69, 9.17) is 9.47 Å². The van der Waals surface area contributed by atoms with Gasteiger partial charge in [-0.3, -0.25) is 0 Å². The van der Waals surface area contributed by atoms with E-state index >= 15 is 0 Å². The van der Waals surface area contributed by atoms with Gasteiger partial charge in [0.05, 0.1) is 13.2 Å². The minimum atomic E-state index is -0.347. The molecule has 0 aromatic heterocycles. The zero-order chi connectivity index (χ0) is 14.9. The highest BCUT2D eigenvalue weighted by atomic mass is 16.5. The number of aliphatic hydroxyl groups excluding tert-OH is 1. The van der Waals surface area contributed by atoms with Crippen LogP contribution in [0.5, 0.6) is 11.5 Å². The lowest BCUT2D eigenvalue weighted by Crippen LogP contribution is -2.73. The highest BCUT2D eigenvalue weighted by Crippen LogP contribution is 2.78. The van der Waals surface area contributed by atoms with Crippen LogP contribution in [0.4, 0.5) is 0 Å². The Balaban J connectivity index is 1.67. The molecule has 0 amide bonds. The number of rotatable bonds is 1. The number of hydrogen-bond acceptors (Lipinski definition) is 4. The maximum Gasteiger partial charge on any atom is 0.165 e. The third-order valence-corrected chi connectivity index (χ3v) is 7.41. The van der Waals surface area contributed by atoms with Crippen molar-refractivity contribution in [3.63, 3.8) is 0 Å². The SMILES string of the molecule is COc1ccc2c3c1O[C@H]1C(O)CC45CN(C)C(C2)C4C31C5. The number of ether oxygens (including phenoxy) is 2. The van der Waals surface area contributed by atoms with Crippen LogP contribution in [-0.4, -0.2) is 49.0 Å². The Morgan fingerprint density at radius 1 is 1.41 bits per heavy atom. The first kappa shape index (κ1) is 12.2. The summed E-state index contributed by atoms with van der Waals surface area (Å²) in [6.07, 6.45) is 2.78. The first-order chi connectivity index (χ1) is 10.6. The van der Waals surface area contributed by atoms with E-state index in [2.05, 4.69) is 18.0 Å². The van der Waals surface area contributed by atoms with Crippen molar-refractivity contribution in [2.45, 2.75) is 42.9 Å².